The number of nitrogens with zero attached hydrogens (tertiary/aromatic N) is 3. The number of aromatic nitrogens is 3. The number of carboxylic acid groups (broad SMARTS) is 1. The summed E-state index contributed by atoms with van der Waals surface area (Å²) in [5.74, 6) is -0.460. The zero-order chi connectivity index (χ0) is 22.4. The molecule has 1 unspecified atom stereocenters. The Morgan fingerprint density at radius 1 is 1.23 bits per heavy atom. The van der Waals surface area contributed by atoms with Gasteiger partial charge < -0.3 is 16.2 Å². The number of amides is 2. The highest BCUT2D eigenvalue weighted by Crippen LogP contribution is 2.42. The summed E-state index contributed by atoms with van der Waals surface area (Å²) in [4.78, 5) is 32.0. The summed E-state index contributed by atoms with van der Waals surface area (Å²) in [5, 5.41) is 12.9. The van der Waals surface area contributed by atoms with Gasteiger partial charge in [0.2, 0.25) is 5.78 Å². The van der Waals surface area contributed by atoms with Crippen LogP contribution < -0.4 is 11.1 Å². The van der Waals surface area contributed by atoms with Gasteiger partial charge in [0, 0.05) is 28.0 Å². The van der Waals surface area contributed by atoms with Gasteiger partial charge in [0.15, 0.2) is 0 Å². The summed E-state index contributed by atoms with van der Waals surface area (Å²) < 4.78 is 1.60. The maximum Gasteiger partial charge on any atom is 0.405 e. The van der Waals surface area contributed by atoms with E-state index in [1.807, 2.05) is 20.8 Å². The fourth-order valence-corrected chi connectivity index (χ4v) is 3.89. The van der Waals surface area contributed by atoms with Gasteiger partial charge in [-0.15, -0.1) is 0 Å². The Morgan fingerprint density at radius 2 is 1.90 bits per heavy atom. The van der Waals surface area contributed by atoms with Crippen molar-refractivity contribution in [2.75, 3.05) is 0 Å². The molecule has 8 nitrogen and oxygen atoms in total. The maximum atomic E-state index is 11.7. The molecule has 4 N–H and O–H groups in total. The monoisotopic (exact) mass is 449 g/mol. The van der Waals surface area contributed by atoms with Crippen LogP contribution in [0.25, 0.3) is 17.0 Å². The molecule has 2 amide bonds. The maximum absolute atomic E-state index is 11.7. The van der Waals surface area contributed by atoms with Crippen LogP contribution in [0.5, 0.6) is 0 Å². The molecule has 0 aliphatic carbocycles. The van der Waals surface area contributed by atoms with Crippen molar-refractivity contribution in [1.29, 1.82) is 0 Å². The lowest BCUT2D eigenvalue weighted by Crippen LogP contribution is -2.37. The van der Waals surface area contributed by atoms with E-state index in [0.717, 1.165) is 0 Å². The zero-order valence-corrected chi connectivity index (χ0v) is 18.3. The standard InChI is InChI=1S/C20H21Cl2N5O3/c1-9-14(16(20(2,3)4)26-19(29)30)15(11-6-5-10(21)7-12(11)22)27-8-13(17(23)28)25-18(27)24-9/h5-8,16,26H,1-4H3,(H2,23,28)(H,29,30). The zero-order valence-electron chi connectivity index (χ0n) is 16.8. The largest absolute Gasteiger partial charge is 0.465 e. The third-order valence-corrected chi connectivity index (χ3v) is 5.25. The van der Waals surface area contributed by atoms with Crippen LogP contribution in [0.4, 0.5) is 4.79 Å². The Hall–Kier alpha value is -2.84. The van der Waals surface area contributed by atoms with Crippen molar-refractivity contribution >= 4 is 41.0 Å². The Bertz CT molecular complexity index is 1170. The van der Waals surface area contributed by atoms with Crippen molar-refractivity contribution < 1.29 is 14.7 Å². The van der Waals surface area contributed by atoms with Gasteiger partial charge >= 0.3 is 6.09 Å². The van der Waals surface area contributed by atoms with E-state index in [4.69, 9.17) is 28.9 Å². The van der Waals surface area contributed by atoms with Gasteiger partial charge in [-0.2, -0.15) is 0 Å². The number of imidazole rings is 1. The number of carbonyl (C=O) groups excluding carboxylic acids is 1. The molecule has 0 aliphatic heterocycles. The molecular weight excluding hydrogens is 429 g/mol. The van der Waals surface area contributed by atoms with E-state index in [0.29, 0.717) is 32.6 Å². The first-order valence-electron chi connectivity index (χ1n) is 9.04. The molecule has 2 heterocycles. The van der Waals surface area contributed by atoms with Gasteiger partial charge in [0.05, 0.1) is 16.8 Å². The molecule has 158 valence electrons. The summed E-state index contributed by atoms with van der Waals surface area (Å²) in [6, 6.07) is 4.35. The number of primary amides is 1. The predicted octanol–water partition coefficient (Wildman–Crippen LogP) is 4.47. The molecule has 0 aliphatic rings. The lowest BCUT2D eigenvalue weighted by Gasteiger charge is -2.33. The molecule has 0 saturated heterocycles. The van der Waals surface area contributed by atoms with E-state index < -0.39 is 23.5 Å². The molecule has 3 aromatic rings. The quantitative estimate of drug-likeness (QED) is 0.542. The number of halogens is 2. The first-order valence-corrected chi connectivity index (χ1v) is 9.80. The molecule has 30 heavy (non-hydrogen) atoms. The van der Waals surface area contributed by atoms with E-state index in [1.54, 1.807) is 29.5 Å². The Kier molecular flexibility index (Phi) is 5.66. The van der Waals surface area contributed by atoms with Crippen LogP contribution in [0.15, 0.2) is 24.4 Å². The summed E-state index contributed by atoms with van der Waals surface area (Å²) in [7, 11) is 0. The second-order valence-corrected chi connectivity index (χ2v) is 8.84. The topological polar surface area (TPSA) is 123 Å². The smallest absolute Gasteiger partial charge is 0.405 e. The van der Waals surface area contributed by atoms with Crippen LogP contribution in [0.3, 0.4) is 0 Å². The third kappa shape index (κ3) is 4.06. The number of hydrogen-bond acceptors (Lipinski definition) is 4. The highest BCUT2D eigenvalue weighted by Gasteiger charge is 2.34. The molecule has 1 aromatic carbocycles. The molecule has 3 rings (SSSR count). The van der Waals surface area contributed by atoms with Crippen molar-refractivity contribution in [3.05, 3.63) is 51.4 Å². The highest BCUT2D eigenvalue weighted by atomic mass is 35.5. The average molecular weight is 450 g/mol. The lowest BCUT2D eigenvalue weighted by atomic mass is 9.80. The number of nitrogens with one attached hydrogen (secondary N) is 1. The van der Waals surface area contributed by atoms with Crippen LogP contribution in [0.2, 0.25) is 10.0 Å². The Morgan fingerprint density at radius 3 is 2.43 bits per heavy atom. The third-order valence-electron chi connectivity index (χ3n) is 4.70. The fraction of sp³-hybridized carbons (Fsp3) is 0.300. The number of aryl methyl sites for hydroxylation is 1. The highest BCUT2D eigenvalue weighted by molar-refractivity contribution is 6.36. The number of rotatable bonds is 4. The second-order valence-electron chi connectivity index (χ2n) is 7.99. The summed E-state index contributed by atoms with van der Waals surface area (Å²) in [5.41, 5.74) is 7.21. The summed E-state index contributed by atoms with van der Waals surface area (Å²) >= 11 is 12.6. The number of hydrogen-bond donors (Lipinski definition) is 3. The van der Waals surface area contributed by atoms with Crippen molar-refractivity contribution in [1.82, 2.24) is 19.7 Å². The molecule has 0 spiro atoms. The first-order chi connectivity index (χ1) is 13.9. The van der Waals surface area contributed by atoms with Gasteiger partial charge in [-0.3, -0.25) is 9.20 Å². The second kappa shape index (κ2) is 7.77. The number of benzene rings is 1. The minimum absolute atomic E-state index is 0.0314. The van der Waals surface area contributed by atoms with E-state index in [1.165, 1.54) is 6.20 Å². The van der Waals surface area contributed by atoms with Gasteiger partial charge in [0.1, 0.15) is 5.69 Å². The van der Waals surface area contributed by atoms with Crippen molar-refractivity contribution in [2.24, 2.45) is 11.1 Å². The molecule has 0 bridgehead atoms. The molecule has 0 fully saturated rings. The fourth-order valence-electron chi connectivity index (χ4n) is 3.39. The van der Waals surface area contributed by atoms with Crippen LogP contribution >= 0.6 is 23.2 Å². The van der Waals surface area contributed by atoms with Crippen molar-refractivity contribution in [3.8, 4) is 11.3 Å². The Balaban J connectivity index is 2.48. The van der Waals surface area contributed by atoms with Gasteiger partial charge in [-0.05, 0) is 30.5 Å². The van der Waals surface area contributed by atoms with Crippen LogP contribution in [-0.4, -0.2) is 31.5 Å². The van der Waals surface area contributed by atoms with Gasteiger partial charge in [0.25, 0.3) is 5.91 Å². The van der Waals surface area contributed by atoms with Gasteiger partial charge in [-0.1, -0.05) is 44.0 Å². The average Bonchev–Trinajstić information content (AvgIpc) is 3.02. The molecular formula is C20H21Cl2N5O3. The normalized spacial score (nSPS) is 12.7. The Labute approximate surface area is 183 Å². The number of fused-ring (bicyclic) bond motifs is 1. The predicted molar refractivity (Wildman–Crippen MR) is 115 cm³/mol. The van der Waals surface area contributed by atoms with Crippen molar-refractivity contribution in [3.63, 3.8) is 0 Å². The van der Waals surface area contributed by atoms with Crippen LogP contribution in [-0.2, 0) is 0 Å². The number of nitrogens with two attached hydrogens (primary N) is 1. The minimum Gasteiger partial charge on any atom is -0.465 e. The van der Waals surface area contributed by atoms with Crippen LogP contribution in [0, 0.1) is 12.3 Å². The van der Waals surface area contributed by atoms with Crippen molar-refractivity contribution in [2.45, 2.75) is 33.7 Å². The molecule has 0 saturated carbocycles. The molecule has 0 radical (unpaired) electrons. The van der Waals surface area contributed by atoms with Gasteiger partial charge in [-0.25, -0.2) is 14.8 Å². The molecule has 1 atom stereocenters. The summed E-state index contributed by atoms with van der Waals surface area (Å²) in [6.45, 7) is 7.48. The summed E-state index contributed by atoms with van der Waals surface area (Å²) in [6.07, 6.45) is 0.292. The van der Waals surface area contributed by atoms with E-state index in [2.05, 4.69) is 15.3 Å². The SMILES string of the molecule is Cc1nc2nc(C(N)=O)cn2c(-c2ccc(Cl)cc2Cl)c1C(NC(=O)O)C(C)(C)C. The van der Waals surface area contributed by atoms with Crippen LogP contribution in [0.1, 0.15) is 48.6 Å². The molecule has 10 heteroatoms. The van der Waals surface area contributed by atoms with E-state index in [9.17, 15) is 14.7 Å². The van der Waals surface area contributed by atoms with E-state index in [-0.39, 0.29) is 11.5 Å². The lowest BCUT2D eigenvalue weighted by molar-refractivity contribution is 0.0996. The minimum atomic E-state index is -1.17. The molecule has 2 aromatic heterocycles. The number of carbonyl (C=O) groups is 2. The first kappa shape index (κ1) is 21.9. The van der Waals surface area contributed by atoms with E-state index >= 15 is 0 Å².